The van der Waals surface area contributed by atoms with Gasteiger partial charge in [0.1, 0.15) is 5.76 Å². The first-order valence-corrected chi connectivity index (χ1v) is 7.45. The van der Waals surface area contributed by atoms with E-state index in [1.807, 2.05) is 36.4 Å². The van der Waals surface area contributed by atoms with Crippen molar-refractivity contribution < 1.29 is 14.0 Å². The van der Waals surface area contributed by atoms with Gasteiger partial charge in [-0.3, -0.25) is 9.59 Å². The zero-order chi connectivity index (χ0) is 15.4. The summed E-state index contributed by atoms with van der Waals surface area (Å²) < 4.78 is 5.21. The van der Waals surface area contributed by atoms with Crippen LogP contribution in [-0.2, 0) is 16.0 Å². The van der Waals surface area contributed by atoms with Crippen molar-refractivity contribution >= 4 is 23.2 Å². The number of amides is 2. The Morgan fingerprint density at radius 2 is 2.18 bits per heavy atom. The molecule has 114 valence electrons. The number of nitrogens with one attached hydrogen (secondary N) is 1. The molecule has 1 saturated heterocycles. The van der Waals surface area contributed by atoms with Crippen LogP contribution >= 0.6 is 0 Å². The molecule has 0 atom stereocenters. The third-order valence-corrected chi connectivity index (χ3v) is 3.69. The number of benzene rings is 1. The molecule has 0 bridgehead atoms. The molecule has 2 aromatic rings. The van der Waals surface area contributed by atoms with Crippen LogP contribution in [0.1, 0.15) is 25.0 Å². The van der Waals surface area contributed by atoms with E-state index in [1.165, 1.54) is 0 Å². The van der Waals surface area contributed by atoms with E-state index in [-0.39, 0.29) is 11.8 Å². The summed E-state index contributed by atoms with van der Waals surface area (Å²) in [6, 6.07) is 11.1. The first-order chi connectivity index (χ1) is 10.7. The van der Waals surface area contributed by atoms with Crippen molar-refractivity contribution in [2.45, 2.75) is 25.7 Å². The standard InChI is InChI=1S/C17H18N2O3/c20-16(9-8-15-6-3-11-22-15)18-13-4-1-5-14(12-13)19-10-2-7-17(19)21/h1,3-6,11-12H,2,7-10H2,(H,18,20). The van der Waals surface area contributed by atoms with Crippen LogP contribution in [0.3, 0.4) is 0 Å². The molecule has 1 aliphatic rings. The number of nitrogens with zero attached hydrogens (tertiary/aromatic N) is 1. The Kier molecular flexibility index (Phi) is 4.23. The third kappa shape index (κ3) is 3.36. The van der Waals surface area contributed by atoms with Crippen LogP contribution in [0.15, 0.2) is 47.1 Å². The predicted molar refractivity (Wildman–Crippen MR) is 83.7 cm³/mol. The quantitative estimate of drug-likeness (QED) is 0.923. The maximum absolute atomic E-state index is 12.0. The van der Waals surface area contributed by atoms with Crippen LogP contribution < -0.4 is 10.2 Å². The summed E-state index contributed by atoms with van der Waals surface area (Å²) in [5, 5.41) is 2.86. The lowest BCUT2D eigenvalue weighted by molar-refractivity contribution is -0.117. The fourth-order valence-corrected chi connectivity index (χ4v) is 2.59. The molecule has 3 rings (SSSR count). The van der Waals surface area contributed by atoms with Crippen molar-refractivity contribution in [2.75, 3.05) is 16.8 Å². The highest BCUT2D eigenvalue weighted by Crippen LogP contribution is 2.24. The van der Waals surface area contributed by atoms with Crippen molar-refractivity contribution in [1.29, 1.82) is 0 Å². The number of hydrogen-bond acceptors (Lipinski definition) is 3. The van der Waals surface area contributed by atoms with Crippen LogP contribution in [0.4, 0.5) is 11.4 Å². The highest BCUT2D eigenvalue weighted by Gasteiger charge is 2.21. The van der Waals surface area contributed by atoms with Crippen molar-refractivity contribution in [1.82, 2.24) is 0 Å². The van der Waals surface area contributed by atoms with Crippen LogP contribution in [0.5, 0.6) is 0 Å². The first kappa shape index (κ1) is 14.4. The third-order valence-electron chi connectivity index (χ3n) is 3.69. The normalized spacial score (nSPS) is 14.4. The minimum atomic E-state index is -0.0682. The van der Waals surface area contributed by atoms with Gasteiger partial charge in [-0.15, -0.1) is 0 Å². The van der Waals surface area contributed by atoms with E-state index in [2.05, 4.69) is 5.32 Å². The molecule has 2 amide bonds. The molecule has 1 aromatic heterocycles. The molecule has 0 aliphatic carbocycles. The minimum Gasteiger partial charge on any atom is -0.469 e. The number of carbonyl (C=O) groups is 2. The summed E-state index contributed by atoms with van der Waals surface area (Å²) in [6.07, 6.45) is 4.02. The Hall–Kier alpha value is -2.56. The number of aryl methyl sites for hydroxylation is 1. The SMILES string of the molecule is O=C(CCc1ccco1)Nc1cccc(N2CCCC2=O)c1. The second-order valence-corrected chi connectivity index (χ2v) is 5.33. The average Bonchev–Trinajstić information content (AvgIpc) is 3.16. The number of rotatable bonds is 5. The van der Waals surface area contributed by atoms with E-state index in [0.29, 0.717) is 24.9 Å². The zero-order valence-corrected chi connectivity index (χ0v) is 12.2. The van der Waals surface area contributed by atoms with Gasteiger partial charge in [0.05, 0.1) is 6.26 Å². The summed E-state index contributed by atoms with van der Waals surface area (Å²) >= 11 is 0. The Labute approximate surface area is 128 Å². The summed E-state index contributed by atoms with van der Waals surface area (Å²) in [6.45, 7) is 0.745. The largest absolute Gasteiger partial charge is 0.469 e. The molecular weight excluding hydrogens is 280 g/mol. The number of carbonyl (C=O) groups excluding carboxylic acids is 2. The molecule has 22 heavy (non-hydrogen) atoms. The Balaban J connectivity index is 1.60. The maximum atomic E-state index is 12.0. The van der Waals surface area contributed by atoms with Crippen LogP contribution in [0.25, 0.3) is 0 Å². The molecule has 5 heteroatoms. The maximum Gasteiger partial charge on any atom is 0.227 e. The summed E-state index contributed by atoms with van der Waals surface area (Å²) in [4.78, 5) is 25.5. The lowest BCUT2D eigenvalue weighted by Crippen LogP contribution is -2.23. The van der Waals surface area contributed by atoms with E-state index in [1.54, 1.807) is 11.2 Å². The second kappa shape index (κ2) is 6.47. The molecule has 1 aliphatic heterocycles. The Morgan fingerprint density at radius 1 is 1.27 bits per heavy atom. The van der Waals surface area contributed by atoms with Gasteiger partial charge in [-0.1, -0.05) is 6.07 Å². The molecule has 1 aromatic carbocycles. The van der Waals surface area contributed by atoms with Gasteiger partial charge in [-0.05, 0) is 36.8 Å². The van der Waals surface area contributed by atoms with Gasteiger partial charge in [0.25, 0.3) is 0 Å². The van der Waals surface area contributed by atoms with Crippen molar-refractivity contribution in [3.63, 3.8) is 0 Å². The van der Waals surface area contributed by atoms with Gasteiger partial charge in [0.2, 0.25) is 11.8 Å². The molecule has 5 nitrogen and oxygen atoms in total. The van der Waals surface area contributed by atoms with Crippen LogP contribution in [0, 0.1) is 0 Å². The van der Waals surface area contributed by atoms with E-state index in [0.717, 1.165) is 24.4 Å². The molecule has 1 N–H and O–H groups in total. The highest BCUT2D eigenvalue weighted by molar-refractivity contribution is 5.97. The molecule has 2 heterocycles. The lowest BCUT2D eigenvalue weighted by atomic mass is 10.2. The van der Waals surface area contributed by atoms with E-state index in [9.17, 15) is 9.59 Å². The fourth-order valence-electron chi connectivity index (χ4n) is 2.59. The number of furan rings is 1. The summed E-state index contributed by atoms with van der Waals surface area (Å²) in [7, 11) is 0. The van der Waals surface area contributed by atoms with Gasteiger partial charge in [-0.2, -0.15) is 0 Å². The predicted octanol–water partition coefficient (Wildman–Crippen LogP) is 2.98. The van der Waals surface area contributed by atoms with Gasteiger partial charge < -0.3 is 14.6 Å². The Bertz CT molecular complexity index is 664. The van der Waals surface area contributed by atoms with Crippen LogP contribution in [-0.4, -0.2) is 18.4 Å². The number of anilines is 2. The van der Waals surface area contributed by atoms with E-state index >= 15 is 0 Å². The molecule has 1 fully saturated rings. The summed E-state index contributed by atoms with van der Waals surface area (Å²) in [5.74, 6) is 0.870. The molecule has 0 saturated carbocycles. The number of hydrogen-bond donors (Lipinski definition) is 1. The zero-order valence-electron chi connectivity index (χ0n) is 12.2. The van der Waals surface area contributed by atoms with Gasteiger partial charge in [0, 0.05) is 37.2 Å². The molecule has 0 spiro atoms. The van der Waals surface area contributed by atoms with Gasteiger partial charge in [0.15, 0.2) is 0 Å². The van der Waals surface area contributed by atoms with Crippen molar-refractivity contribution in [2.24, 2.45) is 0 Å². The van der Waals surface area contributed by atoms with Crippen molar-refractivity contribution in [3.8, 4) is 0 Å². The van der Waals surface area contributed by atoms with Gasteiger partial charge >= 0.3 is 0 Å². The Morgan fingerprint density at radius 3 is 2.91 bits per heavy atom. The molecule has 0 radical (unpaired) electrons. The van der Waals surface area contributed by atoms with E-state index in [4.69, 9.17) is 4.42 Å². The second-order valence-electron chi connectivity index (χ2n) is 5.33. The summed E-state index contributed by atoms with van der Waals surface area (Å²) in [5.41, 5.74) is 1.55. The first-order valence-electron chi connectivity index (χ1n) is 7.45. The average molecular weight is 298 g/mol. The van der Waals surface area contributed by atoms with Crippen molar-refractivity contribution in [3.05, 3.63) is 48.4 Å². The monoisotopic (exact) mass is 298 g/mol. The fraction of sp³-hybridized carbons (Fsp3) is 0.294. The van der Waals surface area contributed by atoms with E-state index < -0.39 is 0 Å². The topological polar surface area (TPSA) is 62.6 Å². The van der Waals surface area contributed by atoms with Crippen LogP contribution in [0.2, 0.25) is 0 Å². The molecular formula is C17H18N2O3. The molecule has 0 unspecified atom stereocenters. The minimum absolute atomic E-state index is 0.0682. The van der Waals surface area contributed by atoms with Gasteiger partial charge in [-0.25, -0.2) is 0 Å². The highest BCUT2D eigenvalue weighted by atomic mass is 16.3. The smallest absolute Gasteiger partial charge is 0.227 e. The lowest BCUT2D eigenvalue weighted by Gasteiger charge is -2.16.